The highest BCUT2D eigenvalue weighted by Gasteiger charge is 2.28. The van der Waals surface area contributed by atoms with Gasteiger partial charge in [0.15, 0.2) is 0 Å². The summed E-state index contributed by atoms with van der Waals surface area (Å²) in [7, 11) is 0. The van der Waals surface area contributed by atoms with E-state index >= 15 is 0 Å². The van der Waals surface area contributed by atoms with Gasteiger partial charge in [0.25, 0.3) is 0 Å². The molecule has 1 fully saturated rings. The summed E-state index contributed by atoms with van der Waals surface area (Å²) in [5.41, 5.74) is 3.90. The second-order valence-corrected chi connectivity index (χ2v) is 8.03. The summed E-state index contributed by atoms with van der Waals surface area (Å²) >= 11 is 0. The molecule has 5 heteroatoms. The molecule has 2 heterocycles. The summed E-state index contributed by atoms with van der Waals surface area (Å²) < 4.78 is 2.28. The Morgan fingerprint density at radius 2 is 2.10 bits per heavy atom. The molecule has 0 radical (unpaired) electrons. The third-order valence-electron chi connectivity index (χ3n) is 6.13. The van der Waals surface area contributed by atoms with Gasteiger partial charge >= 0.3 is 0 Å². The van der Waals surface area contributed by atoms with Crippen molar-refractivity contribution in [2.75, 3.05) is 6.54 Å². The van der Waals surface area contributed by atoms with Gasteiger partial charge in [-0.25, -0.2) is 0 Å². The maximum Gasteiger partial charge on any atom is 0.227 e. The van der Waals surface area contributed by atoms with Crippen molar-refractivity contribution in [1.29, 1.82) is 5.26 Å². The zero-order valence-electron chi connectivity index (χ0n) is 17.3. The van der Waals surface area contributed by atoms with Gasteiger partial charge in [0.2, 0.25) is 5.91 Å². The number of carbonyl (C=O) groups excluding carboxylic acids is 1. The van der Waals surface area contributed by atoms with Gasteiger partial charge in [-0.3, -0.25) is 4.79 Å². The lowest BCUT2D eigenvalue weighted by Gasteiger charge is -2.25. The molecule has 1 aliphatic heterocycles. The lowest BCUT2D eigenvalue weighted by molar-refractivity contribution is -0.131. The molecule has 4 rings (SSSR count). The lowest BCUT2D eigenvalue weighted by atomic mass is 10.1. The van der Waals surface area contributed by atoms with E-state index in [9.17, 15) is 15.2 Å². The zero-order chi connectivity index (χ0) is 21.1. The predicted molar refractivity (Wildman–Crippen MR) is 117 cm³/mol. The number of fused-ring (bicyclic) bond motifs is 1. The molecule has 0 aliphatic carbocycles. The summed E-state index contributed by atoms with van der Waals surface area (Å²) in [5, 5.41) is 20.0. The molecule has 2 aromatic carbocycles. The summed E-state index contributed by atoms with van der Waals surface area (Å²) in [6.07, 6.45) is 4.25. The van der Waals surface area contributed by atoms with E-state index in [0.29, 0.717) is 12.0 Å². The summed E-state index contributed by atoms with van der Waals surface area (Å²) in [6.45, 7) is 3.80. The van der Waals surface area contributed by atoms with Gasteiger partial charge in [-0.2, -0.15) is 5.26 Å². The fraction of sp³-hybridized carbons (Fsp3) is 0.360. The Balaban J connectivity index is 1.46. The second-order valence-electron chi connectivity index (χ2n) is 8.03. The van der Waals surface area contributed by atoms with Crippen LogP contribution in [0.5, 0.6) is 5.75 Å². The predicted octanol–water partition coefficient (Wildman–Crippen LogP) is 4.40. The van der Waals surface area contributed by atoms with Crippen LogP contribution in [0.3, 0.4) is 0 Å². The Kier molecular flexibility index (Phi) is 5.76. The summed E-state index contributed by atoms with van der Waals surface area (Å²) in [4.78, 5) is 14.9. The smallest absolute Gasteiger partial charge is 0.227 e. The molecule has 1 N–H and O–H groups in total. The Hall–Kier alpha value is -3.26. The van der Waals surface area contributed by atoms with Crippen molar-refractivity contribution in [3.8, 4) is 11.8 Å². The van der Waals surface area contributed by atoms with Crippen molar-refractivity contribution in [3.63, 3.8) is 0 Å². The summed E-state index contributed by atoms with van der Waals surface area (Å²) in [6, 6.07) is 17.5. The highest BCUT2D eigenvalue weighted by molar-refractivity contribution is 5.83. The minimum absolute atomic E-state index is 0.137. The number of aromatic hydroxyl groups is 1. The molecule has 1 saturated heterocycles. The molecular weight excluding hydrogens is 374 g/mol. The van der Waals surface area contributed by atoms with E-state index in [4.69, 9.17) is 0 Å². The van der Waals surface area contributed by atoms with Crippen LogP contribution >= 0.6 is 0 Å². The molecule has 0 bridgehead atoms. The number of nitriles is 1. The maximum atomic E-state index is 12.9. The SMILES string of the molecule is CCn1c(CCC2CCCN2C(=O)Cc2cccc(O)c2)cc2ccc(C#N)cc21. The largest absolute Gasteiger partial charge is 0.508 e. The van der Waals surface area contributed by atoms with Crippen LogP contribution in [0.1, 0.15) is 43.0 Å². The molecule has 0 spiro atoms. The third-order valence-corrected chi connectivity index (χ3v) is 6.13. The second kappa shape index (κ2) is 8.62. The minimum atomic E-state index is 0.137. The van der Waals surface area contributed by atoms with Crippen LogP contribution in [-0.2, 0) is 24.2 Å². The van der Waals surface area contributed by atoms with Gasteiger partial charge in [0.1, 0.15) is 5.75 Å². The third kappa shape index (κ3) is 4.04. The van der Waals surface area contributed by atoms with Crippen LogP contribution in [-0.4, -0.2) is 33.1 Å². The van der Waals surface area contributed by atoms with E-state index in [1.807, 2.05) is 29.2 Å². The van der Waals surface area contributed by atoms with Gasteiger partial charge in [-0.05, 0) is 73.9 Å². The minimum Gasteiger partial charge on any atom is -0.508 e. The quantitative estimate of drug-likeness (QED) is 0.665. The normalized spacial score (nSPS) is 16.1. The monoisotopic (exact) mass is 401 g/mol. The fourth-order valence-corrected chi connectivity index (χ4v) is 4.68. The highest BCUT2D eigenvalue weighted by atomic mass is 16.3. The van der Waals surface area contributed by atoms with Gasteiger partial charge in [-0.1, -0.05) is 18.2 Å². The van der Waals surface area contributed by atoms with Crippen molar-refractivity contribution >= 4 is 16.8 Å². The Bertz CT molecular complexity index is 1110. The molecule has 1 unspecified atom stereocenters. The topological polar surface area (TPSA) is 69.3 Å². The maximum absolute atomic E-state index is 12.9. The van der Waals surface area contributed by atoms with Crippen LogP contribution in [0.25, 0.3) is 10.9 Å². The standard InChI is InChI=1S/C25H27N3O2/c1-2-27-22(16-20-9-8-19(17-26)14-24(20)27)11-10-21-6-4-12-28(21)25(30)15-18-5-3-7-23(29)13-18/h3,5,7-9,13-14,16,21,29H,2,4,6,10-12,15H2,1H3. The number of aryl methyl sites for hydroxylation is 2. The molecule has 30 heavy (non-hydrogen) atoms. The van der Waals surface area contributed by atoms with Gasteiger partial charge in [-0.15, -0.1) is 0 Å². The molecule has 1 aliphatic rings. The summed E-state index contributed by atoms with van der Waals surface area (Å²) in [5.74, 6) is 0.336. The van der Waals surface area contributed by atoms with E-state index < -0.39 is 0 Å². The molecule has 3 aromatic rings. The van der Waals surface area contributed by atoms with Crippen molar-refractivity contribution in [3.05, 3.63) is 65.4 Å². The van der Waals surface area contributed by atoms with Crippen LogP contribution in [0, 0.1) is 11.3 Å². The van der Waals surface area contributed by atoms with E-state index in [2.05, 4.69) is 23.6 Å². The number of phenols is 1. The van der Waals surface area contributed by atoms with E-state index in [1.165, 1.54) is 5.69 Å². The number of hydrogen-bond donors (Lipinski definition) is 1. The van der Waals surface area contributed by atoms with E-state index in [-0.39, 0.29) is 17.7 Å². The highest BCUT2D eigenvalue weighted by Crippen LogP contribution is 2.26. The molecule has 0 saturated carbocycles. The van der Waals surface area contributed by atoms with E-state index in [0.717, 1.165) is 55.2 Å². The Labute approximate surface area is 177 Å². The van der Waals surface area contributed by atoms with Gasteiger partial charge < -0.3 is 14.6 Å². The van der Waals surface area contributed by atoms with Gasteiger partial charge in [0.05, 0.1) is 18.1 Å². The zero-order valence-corrected chi connectivity index (χ0v) is 17.3. The van der Waals surface area contributed by atoms with Crippen LogP contribution < -0.4 is 0 Å². The number of rotatable bonds is 6. The van der Waals surface area contributed by atoms with Crippen molar-refractivity contribution < 1.29 is 9.90 Å². The van der Waals surface area contributed by atoms with Crippen molar-refractivity contribution in [2.24, 2.45) is 0 Å². The first kappa shape index (κ1) is 20.0. The average Bonchev–Trinajstić information content (AvgIpc) is 3.35. The lowest BCUT2D eigenvalue weighted by Crippen LogP contribution is -2.36. The number of nitrogens with zero attached hydrogens (tertiary/aromatic N) is 3. The van der Waals surface area contributed by atoms with Crippen molar-refractivity contribution in [2.45, 2.75) is 51.6 Å². The first-order chi connectivity index (χ1) is 14.6. The van der Waals surface area contributed by atoms with Crippen LogP contribution in [0.4, 0.5) is 0 Å². The Morgan fingerprint density at radius 3 is 2.87 bits per heavy atom. The number of amides is 1. The fourth-order valence-electron chi connectivity index (χ4n) is 4.68. The Morgan fingerprint density at radius 1 is 1.23 bits per heavy atom. The average molecular weight is 402 g/mol. The molecule has 1 amide bonds. The number of benzene rings is 2. The first-order valence-corrected chi connectivity index (χ1v) is 10.7. The number of carbonyl (C=O) groups is 1. The van der Waals surface area contributed by atoms with Crippen LogP contribution in [0.2, 0.25) is 0 Å². The molecule has 5 nitrogen and oxygen atoms in total. The van der Waals surface area contributed by atoms with E-state index in [1.54, 1.807) is 18.2 Å². The molecule has 1 atom stereocenters. The molecular formula is C25H27N3O2. The first-order valence-electron chi connectivity index (χ1n) is 10.7. The number of likely N-dealkylation sites (tertiary alicyclic amines) is 1. The van der Waals surface area contributed by atoms with Crippen LogP contribution in [0.15, 0.2) is 48.5 Å². The number of phenolic OH excluding ortho intramolecular Hbond substituents is 1. The molecule has 154 valence electrons. The van der Waals surface area contributed by atoms with Crippen molar-refractivity contribution in [1.82, 2.24) is 9.47 Å². The molecule has 1 aromatic heterocycles. The van der Waals surface area contributed by atoms with Gasteiger partial charge in [0, 0.05) is 30.3 Å². The number of aromatic nitrogens is 1. The number of hydrogen-bond acceptors (Lipinski definition) is 3.